The molecule has 3 N–H and O–H groups in total. The topological polar surface area (TPSA) is 141 Å². The Balaban J connectivity index is 1.28. The molecule has 0 saturated carbocycles. The van der Waals surface area contributed by atoms with E-state index in [1.807, 2.05) is 37.3 Å². The molecule has 2 aromatic carbocycles. The van der Waals surface area contributed by atoms with Gasteiger partial charge in [0.2, 0.25) is 5.91 Å². The van der Waals surface area contributed by atoms with Crippen molar-refractivity contribution in [2.24, 2.45) is 5.92 Å². The van der Waals surface area contributed by atoms with Gasteiger partial charge in [-0.05, 0) is 70.5 Å². The number of hydrogen-bond donors (Lipinski definition) is 3. The number of urea groups is 1. The summed E-state index contributed by atoms with van der Waals surface area (Å²) in [5, 5.41) is 15.9. The smallest absolute Gasteiger partial charge is 0.407 e. The standard InChI is InChI=1S/C31H35N5O6/c1-19-15-20(24-7-5-6-8-25(24)32-19)17-42-23-11-9-22(10-12-23)33-26(37)16-21-13-14-35(29(40)41)18-31(21)27(38)34-28(39)36(31)30(2,3)4/h5-12,15,21H,13-14,16-18H2,1-4H3,(H,33,37)(H,40,41)(H,34,38,39). The van der Waals surface area contributed by atoms with Crippen LogP contribution in [0.2, 0.25) is 0 Å². The number of para-hydroxylation sites is 1. The molecule has 0 bridgehead atoms. The van der Waals surface area contributed by atoms with Crippen LogP contribution in [0.4, 0.5) is 15.3 Å². The van der Waals surface area contributed by atoms with E-state index in [0.717, 1.165) is 27.1 Å². The summed E-state index contributed by atoms with van der Waals surface area (Å²) in [6.45, 7) is 7.61. The molecule has 1 spiro atoms. The maximum atomic E-state index is 13.3. The van der Waals surface area contributed by atoms with Gasteiger partial charge in [0.05, 0.1) is 12.1 Å². The number of fused-ring (bicyclic) bond motifs is 1. The van der Waals surface area contributed by atoms with Gasteiger partial charge in [0, 0.05) is 46.8 Å². The van der Waals surface area contributed by atoms with Gasteiger partial charge in [-0.15, -0.1) is 0 Å². The van der Waals surface area contributed by atoms with Gasteiger partial charge < -0.3 is 25.0 Å². The zero-order chi connectivity index (χ0) is 30.2. The molecule has 3 aromatic rings. The highest BCUT2D eigenvalue weighted by Crippen LogP contribution is 2.42. The van der Waals surface area contributed by atoms with E-state index < -0.39 is 35.0 Å². The van der Waals surface area contributed by atoms with Crippen molar-refractivity contribution in [1.82, 2.24) is 20.1 Å². The van der Waals surface area contributed by atoms with E-state index in [0.29, 0.717) is 18.0 Å². The molecule has 2 saturated heterocycles. The van der Waals surface area contributed by atoms with Crippen LogP contribution in [0.25, 0.3) is 10.9 Å². The van der Waals surface area contributed by atoms with E-state index in [2.05, 4.69) is 15.6 Å². The minimum atomic E-state index is -1.49. The molecule has 1 aromatic heterocycles. The third-order valence-corrected chi connectivity index (χ3v) is 7.91. The maximum absolute atomic E-state index is 13.3. The molecule has 0 aliphatic carbocycles. The third-order valence-electron chi connectivity index (χ3n) is 7.91. The fraction of sp³-hybridized carbons (Fsp3) is 0.387. The molecule has 11 heteroatoms. The largest absolute Gasteiger partial charge is 0.489 e. The minimum Gasteiger partial charge on any atom is -0.489 e. The van der Waals surface area contributed by atoms with Crippen LogP contribution in [0, 0.1) is 12.8 Å². The highest BCUT2D eigenvalue weighted by atomic mass is 16.5. The number of aryl methyl sites for hydroxylation is 1. The number of hydrogen-bond acceptors (Lipinski definition) is 6. The molecule has 3 heterocycles. The number of aromatic nitrogens is 1. The van der Waals surface area contributed by atoms with Crippen molar-refractivity contribution in [2.45, 2.75) is 58.2 Å². The molecule has 11 nitrogen and oxygen atoms in total. The second-order valence-electron chi connectivity index (χ2n) is 11.9. The molecule has 0 radical (unpaired) electrons. The monoisotopic (exact) mass is 573 g/mol. The first-order valence-corrected chi connectivity index (χ1v) is 13.9. The zero-order valence-corrected chi connectivity index (χ0v) is 24.1. The van der Waals surface area contributed by atoms with Crippen molar-refractivity contribution in [3.63, 3.8) is 0 Å². The first-order valence-electron chi connectivity index (χ1n) is 13.9. The highest BCUT2D eigenvalue weighted by molar-refractivity contribution is 6.08. The first-order chi connectivity index (χ1) is 19.9. The van der Waals surface area contributed by atoms with Gasteiger partial charge in [-0.25, -0.2) is 9.59 Å². The molecule has 2 atom stereocenters. The van der Waals surface area contributed by atoms with Gasteiger partial charge in [0.1, 0.15) is 17.9 Å². The number of anilines is 1. The number of ether oxygens (including phenoxy) is 1. The van der Waals surface area contributed by atoms with Crippen molar-refractivity contribution in [3.8, 4) is 5.75 Å². The first kappa shape index (κ1) is 28.8. The lowest BCUT2D eigenvalue weighted by Gasteiger charge is -2.51. The summed E-state index contributed by atoms with van der Waals surface area (Å²) in [6.07, 6.45) is -0.982. The third kappa shape index (κ3) is 5.46. The maximum Gasteiger partial charge on any atom is 0.407 e. The number of carboxylic acid groups (broad SMARTS) is 1. The van der Waals surface area contributed by atoms with Gasteiger partial charge >= 0.3 is 12.1 Å². The number of pyridine rings is 1. The van der Waals surface area contributed by atoms with Gasteiger partial charge in [-0.1, -0.05) is 18.2 Å². The number of carbonyl (C=O) groups excluding carboxylic acids is 3. The molecule has 2 fully saturated rings. The predicted molar refractivity (Wildman–Crippen MR) is 156 cm³/mol. The Morgan fingerprint density at radius 2 is 1.86 bits per heavy atom. The fourth-order valence-electron chi connectivity index (χ4n) is 6.19. The van der Waals surface area contributed by atoms with Crippen molar-refractivity contribution >= 4 is 40.5 Å². The van der Waals surface area contributed by atoms with Crippen molar-refractivity contribution in [1.29, 1.82) is 0 Å². The average molecular weight is 574 g/mol. The Bertz CT molecular complexity index is 1550. The van der Waals surface area contributed by atoms with Crippen LogP contribution in [0.15, 0.2) is 54.6 Å². The van der Waals surface area contributed by atoms with Crippen LogP contribution in [-0.2, 0) is 16.2 Å². The van der Waals surface area contributed by atoms with E-state index in [4.69, 9.17) is 4.74 Å². The van der Waals surface area contributed by atoms with Crippen LogP contribution in [-0.4, -0.2) is 68.0 Å². The molecule has 2 aliphatic heterocycles. The van der Waals surface area contributed by atoms with Gasteiger partial charge in [-0.3, -0.25) is 19.9 Å². The summed E-state index contributed by atoms with van der Waals surface area (Å²) in [7, 11) is 0. The van der Waals surface area contributed by atoms with E-state index in [9.17, 15) is 24.3 Å². The number of nitrogens with one attached hydrogen (secondary N) is 2. The Morgan fingerprint density at radius 1 is 1.14 bits per heavy atom. The quantitative estimate of drug-likeness (QED) is 0.368. The number of likely N-dealkylation sites (tertiary alicyclic amines) is 1. The van der Waals surface area contributed by atoms with Gasteiger partial charge in [0.25, 0.3) is 5.91 Å². The minimum absolute atomic E-state index is 0.0620. The number of carbonyl (C=O) groups is 4. The summed E-state index contributed by atoms with van der Waals surface area (Å²) in [5.41, 5.74) is 1.12. The lowest BCUT2D eigenvalue weighted by atomic mass is 9.73. The lowest BCUT2D eigenvalue weighted by molar-refractivity contribution is -0.137. The fourth-order valence-corrected chi connectivity index (χ4v) is 6.19. The normalized spacial score (nSPS) is 20.6. The molecule has 42 heavy (non-hydrogen) atoms. The lowest BCUT2D eigenvalue weighted by Crippen LogP contribution is -2.69. The Kier molecular flexibility index (Phi) is 7.53. The summed E-state index contributed by atoms with van der Waals surface area (Å²) in [4.78, 5) is 58.3. The second kappa shape index (κ2) is 11.0. The number of benzene rings is 2. The summed E-state index contributed by atoms with van der Waals surface area (Å²) in [5.74, 6) is -0.866. The van der Waals surface area contributed by atoms with Crippen molar-refractivity contribution in [3.05, 3.63) is 65.9 Å². The number of piperidine rings is 1. The molecule has 5 rings (SSSR count). The molecule has 2 unspecified atom stereocenters. The SMILES string of the molecule is Cc1cc(COc2ccc(NC(=O)CC3CCN(C(=O)O)CC34C(=O)NC(=O)N4C(C)(C)C)cc2)c2ccccc2n1. The molecular weight excluding hydrogens is 538 g/mol. The van der Waals surface area contributed by atoms with E-state index >= 15 is 0 Å². The van der Waals surface area contributed by atoms with Crippen LogP contribution in [0.3, 0.4) is 0 Å². The molecule has 2 aliphatic rings. The average Bonchev–Trinajstić information content (AvgIpc) is 3.18. The van der Waals surface area contributed by atoms with E-state index in [1.54, 1.807) is 45.0 Å². The van der Waals surface area contributed by atoms with E-state index in [-0.39, 0.29) is 31.8 Å². The van der Waals surface area contributed by atoms with Crippen LogP contribution in [0.1, 0.15) is 44.9 Å². The van der Waals surface area contributed by atoms with Crippen LogP contribution in [0.5, 0.6) is 5.75 Å². The zero-order valence-electron chi connectivity index (χ0n) is 24.1. The Hall–Kier alpha value is -4.67. The van der Waals surface area contributed by atoms with Crippen molar-refractivity contribution in [2.75, 3.05) is 18.4 Å². The molecule has 5 amide bonds. The van der Waals surface area contributed by atoms with Crippen LogP contribution >= 0.6 is 0 Å². The van der Waals surface area contributed by atoms with E-state index in [1.165, 1.54) is 4.90 Å². The van der Waals surface area contributed by atoms with Gasteiger partial charge in [-0.2, -0.15) is 0 Å². The summed E-state index contributed by atoms with van der Waals surface area (Å²) >= 11 is 0. The Labute approximate surface area is 243 Å². The molecular formula is C31H35N5O6. The predicted octanol–water partition coefficient (Wildman–Crippen LogP) is 4.54. The number of imide groups is 1. The van der Waals surface area contributed by atoms with Crippen LogP contribution < -0.4 is 15.4 Å². The second-order valence-corrected chi connectivity index (χ2v) is 11.9. The summed E-state index contributed by atoms with van der Waals surface area (Å²) < 4.78 is 6.02. The number of rotatable bonds is 6. The molecule has 220 valence electrons. The number of amides is 5. The van der Waals surface area contributed by atoms with Gasteiger partial charge in [0.15, 0.2) is 0 Å². The summed E-state index contributed by atoms with van der Waals surface area (Å²) in [6, 6.07) is 16.3. The number of nitrogens with zero attached hydrogens (tertiary/aromatic N) is 3. The Morgan fingerprint density at radius 3 is 2.55 bits per heavy atom. The highest BCUT2D eigenvalue weighted by Gasteiger charge is 2.63. The van der Waals surface area contributed by atoms with Crippen molar-refractivity contribution < 1.29 is 29.0 Å².